The van der Waals surface area contributed by atoms with Gasteiger partial charge in [-0.15, -0.1) is 0 Å². The van der Waals surface area contributed by atoms with Crippen molar-refractivity contribution in [3.63, 3.8) is 0 Å². The number of carbonyl (C=O) groups excluding carboxylic acids is 1. The van der Waals surface area contributed by atoms with Gasteiger partial charge in [0.05, 0.1) is 10.9 Å². The largest absolute Gasteiger partial charge is 0.349 e. The van der Waals surface area contributed by atoms with Gasteiger partial charge in [-0.2, -0.15) is 4.31 Å². The van der Waals surface area contributed by atoms with E-state index in [1.165, 1.54) is 4.31 Å². The second-order valence-electron chi connectivity index (χ2n) is 7.24. The van der Waals surface area contributed by atoms with E-state index in [-0.39, 0.29) is 17.9 Å². The van der Waals surface area contributed by atoms with Crippen molar-refractivity contribution in [3.8, 4) is 0 Å². The van der Waals surface area contributed by atoms with Crippen molar-refractivity contribution in [2.75, 3.05) is 13.1 Å². The van der Waals surface area contributed by atoms with Crippen molar-refractivity contribution < 1.29 is 13.2 Å². The first-order valence-electron chi connectivity index (χ1n) is 9.40. The molecular formula is C21H25ClN2O3S. The fourth-order valence-electron chi connectivity index (χ4n) is 3.45. The molecule has 2 aromatic rings. The summed E-state index contributed by atoms with van der Waals surface area (Å²) >= 11 is 6.20. The topological polar surface area (TPSA) is 66.5 Å². The summed E-state index contributed by atoms with van der Waals surface area (Å²) in [6.07, 6.45) is 1.01. The molecule has 1 unspecified atom stereocenters. The molecule has 7 heteroatoms. The van der Waals surface area contributed by atoms with Crippen LogP contribution in [0, 0.1) is 12.8 Å². The third kappa shape index (κ3) is 4.57. The van der Waals surface area contributed by atoms with Gasteiger partial charge in [0.15, 0.2) is 0 Å². The number of hydrogen-bond acceptors (Lipinski definition) is 3. The molecule has 3 rings (SSSR count). The molecule has 28 heavy (non-hydrogen) atoms. The van der Waals surface area contributed by atoms with Crippen LogP contribution in [0.3, 0.4) is 0 Å². The molecule has 1 saturated heterocycles. The molecule has 150 valence electrons. The van der Waals surface area contributed by atoms with Crippen LogP contribution in [0.25, 0.3) is 0 Å². The number of carbonyl (C=O) groups is 1. The summed E-state index contributed by atoms with van der Waals surface area (Å²) in [6, 6.07) is 14.1. The average Bonchev–Trinajstić information content (AvgIpc) is 2.68. The minimum absolute atomic E-state index is 0.0557. The number of rotatable bonds is 5. The van der Waals surface area contributed by atoms with Crippen molar-refractivity contribution in [2.45, 2.75) is 37.6 Å². The monoisotopic (exact) mass is 420 g/mol. The van der Waals surface area contributed by atoms with Gasteiger partial charge in [-0.25, -0.2) is 8.42 Å². The van der Waals surface area contributed by atoms with Crippen LogP contribution in [-0.2, 0) is 14.8 Å². The third-order valence-electron chi connectivity index (χ3n) is 5.21. The van der Waals surface area contributed by atoms with Crippen LogP contribution < -0.4 is 5.32 Å². The summed E-state index contributed by atoms with van der Waals surface area (Å²) in [6.45, 7) is 4.50. The Morgan fingerprint density at radius 3 is 2.32 bits per heavy atom. The van der Waals surface area contributed by atoms with Gasteiger partial charge >= 0.3 is 0 Å². The van der Waals surface area contributed by atoms with E-state index in [2.05, 4.69) is 5.32 Å². The lowest BCUT2D eigenvalue weighted by atomic mass is 9.96. The number of sulfonamides is 1. The van der Waals surface area contributed by atoms with E-state index in [0.717, 1.165) is 11.1 Å². The lowest BCUT2D eigenvalue weighted by Crippen LogP contribution is -2.43. The van der Waals surface area contributed by atoms with Crippen molar-refractivity contribution in [3.05, 3.63) is 64.7 Å². The molecule has 2 aromatic carbocycles. The SMILES string of the molecule is Cc1ccc(S(=O)(=O)N2CCC(C(=O)NC(C)c3ccccc3Cl)CC2)cc1. The van der Waals surface area contributed by atoms with Crippen LogP contribution in [0.15, 0.2) is 53.4 Å². The number of amides is 1. The summed E-state index contributed by atoms with van der Waals surface area (Å²) in [5.74, 6) is -0.255. The zero-order valence-electron chi connectivity index (χ0n) is 16.1. The van der Waals surface area contributed by atoms with Crippen LogP contribution in [0.5, 0.6) is 0 Å². The molecule has 1 atom stereocenters. The predicted octanol–water partition coefficient (Wildman–Crippen LogP) is 3.93. The zero-order valence-corrected chi connectivity index (χ0v) is 17.6. The predicted molar refractivity (Wildman–Crippen MR) is 111 cm³/mol. The lowest BCUT2D eigenvalue weighted by Gasteiger charge is -2.31. The van der Waals surface area contributed by atoms with Gasteiger partial charge in [0.2, 0.25) is 15.9 Å². The first-order valence-corrected chi connectivity index (χ1v) is 11.2. The lowest BCUT2D eigenvalue weighted by molar-refractivity contribution is -0.126. The first kappa shape index (κ1) is 20.8. The number of halogens is 1. The molecule has 1 N–H and O–H groups in total. The zero-order chi connectivity index (χ0) is 20.3. The third-order valence-corrected chi connectivity index (χ3v) is 7.47. The van der Waals surface area contributed by atoms with Crippen LogP contribution in [0.4, 0.5) is 0 Å². The molecule has 0 aromatic heterocycles. The Morgan fingerprint density at radius 1 is 1.11 bits per heavy atom. The van der Waals surface area contributed by atoms with E-state index in [0.29, 0.717) is 35.8 Å². The Hall–Kier alpha value is -1.89. The molecule has 0 saturated carbocycles. The summed E-state index contributed by atoms with van der Waals surface area (Å²) in [5, 5.41) is 3.63. The van der Waals surface area contributed by atoms with Gasteiger partial charge in [-0.1, -0.05) is 47.5 Å². The van der Waals surface area contributed by atoms with Gasteiger partial charge < -0.3 is 5.32 Å². The Morgan fingerprint density at radius 2 is 1.71 bits per heavy atom. The molecule has 1 fully saturated rings. The smallest absolute Gasteiger partial charge is 0.243 e. The molecule has 0 aliphatic carbocycles. The van der Waals surface area contributed by atoms with Crippen molar-refractivity contribution in [1.82, 2.24) is 9.62 Å². The highest BCUT2D eigenvalue weighted by atomic mass is 35.5. The fraction of sp³-hybridized carbons (Fsp3) is 0.381. The molecule has 5 nitrogen and oxygen atoms in total. The maximum atomic E-state index is 12.8. The van der Waals surface area contributed by atoms with Gasteiger partial charge in [-0.05, 0) is 50.5 Å². The van der Waals surface area contributed by atoms with E-state index >= 15 is 0 Å². The summed E-state index contributed by atoms with van der Waals surface area (Å²) < 4.78 is 27.0. The summed E-state index contributed by atoms with van der Waals surface area (Å²) in [5.41, 5.74) is 1.89. The van der Waals surface area contributed by atoms with E-state index in [1.54, 1.807) is 30.3 Å². The fourth-order valence-corrected chi connectivity index (χ4v) is 5.22. The summed E-state index contributed by atoms with van der Waals surface area (Å²) in [4.78, 5) is 12.9. The Labute approximate surface area is 171 Å². The van der Waals surface area contributed by atoms with Crippen LogP contribution in [-0.4, -0.2) is 31.7 Å². The van der Waals surface area contributed by atoms with Crippen molar-refractivity contribution in [1.29, 1.82) is 0 Å². The highest BCUT2D eigenvalue weighted by Gasteiger charge is 2.32. The van der Waals surface area contributed by atoms with E-state index in [4.69, 9.17) is 11.6 Å². The molecule has 0 bridgehead atoms. The maximum absolute atomic E-state index is 12.8. The van der Waals surface area contributed by atoms with Gasteiger partial charge in [0.25, 0.3) is 0 Å². The normalized spacial score (nSPS) is 17.2. The molecule has 0 spiro atoms. The minimum atomic E-state index is -3.52. The minimum Gasteiger partial charge on any atom is -0.349 e. The van der Waals surface area contributed by atoms with Crippen LogP contribution in [0.2, 0.25) is 5.02 Å². The molecular weight excluding hydrogens is 396 g/mol. The van der Waals surface area contributed by atoms with E-state index in [9.17, 15) is 13.2 Å². The molecule has 1 aliphatic rings. The maximum Gasteiger partial charge on any atom is 0.243 e. The van der Waals surface area contributed by atoms with E-state index < -0.39 is 10.0 Å². The second kappa shape index (κ2) is 8.64. The standard InChI is InChI=1S/C21H25ClN2O3S/c1-15-7-9-18(10-8-15)28(26,27)24-13-11-17(12-14-24)21(25)23-16(2)19-5-3-4-6-20(19)22/h3-10,16-17H,11-14H2,1-2H3,(H,23,25). The number of nitrogens with one attached hydrogen (secondary N) is 1. The number of hydrogen-bond donors (Lipinski definition) is 1. The Kier molecular flexibility index (Phi) is 6.43. The molecule has 1 aliphatic heterocycles. The van der Waals surface area contributed by atoms with Crippen LogP contribution >= 0.6 is 11.6 Å². The number of benzene rings is 2. The Balaban J connectivity index is 1.59. The van der Waals surface area contributed by atoms with Gasteiger partial charge in [-0.3, -0.25) is 4.79 Å². The quantitative estimate of drug-likeness (QED) is 0.796. The number of aryl methyl sites for hydroxylation is 1. The highest BCUT2D eigenvalue weighted by Crippen LogP contribution is 2.26. The Bertz CT molecular complexity index is 936. The first-order chi connectivity index (χ1) is 13.3. The molecule has 1 heterocycles. The average molecular weight is 421 g/mol. The van der Waals surface area contributed by atoms with Gasteiger partial charge in [0.1, 0.15) is 0 Å². The van der Waals surface area contributed by atoms with Crippen molar-refractivity contribution in [2.24, 2.45) is 5.92 Å². The number of piperidine rings is 1. The summed E-state index contributed by atoms with van der Waals surface area (Å²) in [7, 11) is -3.52. The second-order valence-corrected chi connectivity index (χ2v) is 9.59. The van der Waals surface area contributed by atoms with E-state index in [1.807, 2.05) is 32.0 Å². The highest BCUT2D eigenvalue weighted by molar-refractivity contribution is 7.89. The molecule has 0 radical (unpaired) electrons. The van der Waals surface area contributed by atoms with Crippen LogP contribution in [0.1, 0.15) is 36.9 Å². The molecule has 1 amide bonds. The van der Waals surface area contributed by atoms with Gasteiger partial charge in [0, 0.05) is 24.0 Å². The number of nitrogens with zero attached hydrogens (tertiary/aromatic N) is 1. The van der Waals surface area contributed by atoms with Crippen molar-refractivity contribution >= 4 is 27.5 Å².